The van der Waals surface area contributed by atoms with E-state index in [1.165, 1.54) is 0 Å². The number of thioether (sulfide) groups is 1. The highest BCUT2D eigenvalue weighted by atomic mass is 32.2. The summed E-state index contributed by atoms with van der Waals surface area (Å²) in [7, 11) is 0. The van der Waals surface area contributed by atoms with Crippen molar-refractivity contribution >= 4 is 23.5 Å². The Hall–Kier alpha value is -2.08. The number of anilines is 1. The summed E-state index contributed by atoms with van der Waals surface area (Å²) in [5.41, 5.74) is 3.92. The molecule has 2 rings (SSSR count). The minimum absolute atomic E-state index is 0.0388. The molecule has 0 fully saturated rings. The van der Waals surface area contributed by atoms with E-state index in [2.05, 4.69) is 36.0 Å². The van der Waals surface area contributed by atoms with Crippen LogP contribution in [-0.2, 0) is 5.75 Å². The smallest absolute Gasteiger partial charge is 0.251 e. The summed E-state index contributed by atoms with van der Waals surface area (Å²) in [5.74, 6) is 1.70. The number of rotatable bonds is 8. The van der Waals surface area contributed by atoms with Crippen molar-refractivity contribution in [2.45, 2.75) is 58.5 Å². The molecule has 1 aromatic carbocycles. The summed E-state index contributed by atoms with van der Waals surface area (Å²) in [6.07, 6.45) is 0. The quantitative estimate of drug-likeness (QED) is 0.539. The fourth-order valence-electron chi connectivity index (χ4n) is 2.78. The van der Waals surface area contributed by atoms with E-state index in [4.69, 9.17) is 4.98 Å². The molecule has 0 bridgehead atoms. The van der Waals surface area contributed by atoms with Crippen molar-refractivity contribution in [2.75, 3.05) is 18.0 Å². The first-order valence-electron chi connectivity index (χ1n) is 9.48. The third kappa shape index (κ3) is 5.70. The molecule has 0 atom stereocenters. The number of aryl methyl sites for hydroxylation is 1. The van der Waals surface area contributed by atoms with Gasteiger partial charge in [-0.25, -0.2) is 9.97 Å². The van der Waals surface area contributed by atoms with Gasteiger partial charge in [-0.05, 0) is 59.2 Å². The molecule has 1 amide bonds. The van der Waals surface area contributed by atoms with E-state index in [9.17, 15) is 4.79 Å². The van der Waals surface area contributed by atoms with Crippen molar-refractivity contribution in [3.63, 3.8) is 0 Å². The summed E-state index contributed by atoms with van der Waals surface area (Å²) >= 11 is 1.60. The van der Waals surface area contributed by atoms with Crippen LogP contribution in [0.3, 0.4) is 0 Å². The maximum atomic E-state index is 12.2. The predicted octanol–water partition coefficient (Wildman–Crippen LogP) is 4.37. The second-order valence-corrected chi connectivity index (χ2v) is 7.77. The van der Waals surface area contributed by atoms with Crippen molar-refractivity contribution in [3.05, 3.63) is 46.6 Å². The fraction of sp³-hybridized carbons (Fsp3) is 0.476. The lowest BCUT2D eigenvalue weighted by Crippen LogP contribution is -2.30. The van der Waals surface area contributed by atoms with Gasteiger partial charge in [0.05, 0.1) is 0 Å². The Bertz CT molecular complexity index is 788. The van der Waals surface area contributed by atoms with E-state index in [0.29, 0.717) is 5.56 Å². The lowest BCUT2D eigenvalue weighted by molar-refractivity contribution is 0.0943. The van der Waals surface area contributed by atoms with Crippen LogP contribution in [0.15, 0.2) is 29.4 Å². The van der Waals surface area contributed by atoms with E-state index in [1.54, 1.807) is 11.8 Å². The SMILES string of the molecule is CCN(CC)c1nc(SCc2cccc(C(=O)NC(C)C)c2)nc(C)c1C. The molecule has 0 aliphatic carbocycles. The molecule has 0 saturated heterocycles. The zero-order valence-electron chi connectivity index (χ0n) is 17.2. The standard InChI is InChI=1S/C21H30N4OS/c1-7-25(8-2)19-15(5)16(6)23-21(24-19)27-13-17-10-9-11-18(12-17)20(26)22-14(3)4/h9-12,14H,7-8,13H2,1-6H3,(H,22,26). The molecule has 0 radical (unpaired) electrons. The maximum Gasteiger partial charge on any atom is 0.251 e. The highest BCUT2D eigenvalue weighted by Gasteiger charge is 2.13. The minimum atomic E-state index is -0.0388. The molecule has 1 aromatic heterocycles. The lowest BCUT2D eigenvalue weighted by Gasteiger charge is -2.23. The monoisotopic (exact) mass is 386 g/mol. The summed E-state index contributed by atoms with van der Waals surface area (Å²) in [6.45, 7) is 14.2. The van der Waals surface area contributed by atoms with E-state index in [-0.39, 0.29) is 11.9 Å². The van der Waals surface area contributed by atoms with Gasteiger partial charge in [-0.15, -0.1) is 0 Å². The largest absolute Gasteiger partial charge is 0.357 e. The van der Waals surface area contributed by atoms with Crippen molar-refractivity contribution in [2.24, 2.45) is 0 Å². The van der Waals surface area contributed by atoms with Crippen LogP contribution in [-0.4, -0.2) is 35.0 Å². The van der Waals surface area contributed by atoms with Crippen LogP contribution in [0.1, 0.15) is 54.9 Å². The van der Waals surface area contributed by atoms with Gasteiger partial charge in [0.1, 0.15) is 5.82 Å². The first-order chi connectivity index (χ1) is 12.8. The van der Waals surface area contributed by atoms with Gasteiger partial charge in [0, 0.05) is 41.7 Å². The van der Waals surface area contributed by atoms with Crippen LogP contribution in [0.5, 0.6) is 0 Å². The number of benzene rings is 1. The van der Waals surface area contributed by atoms with Gasteiger partial charge in [0.25, 0.3) is 5.91 Å². The van der Waals surface area contributed by atoms with Crippen molar-refractivity contribution in [3.8, 4) is 0 Å². The van der Waals surface area contributed by atoms with Crippen LogP contribution in [0.25, 0.3) is 0 Å². The Labute approximate surface area is 167 Å². The van der Waals surface area contributed by atoms with Crippen LogP contribution in [0.4, 0.5) is 5.82 Å². The number of hydrogen-bond donors (Lipinski definition) is 1. The third-order valence-corrected chi connectivity index (χ3v) is 5.30. The highest BCUT2D eigenvalue weighted by Crippen LogP contribution is 2.26. The molecular weight excluding hydrogens is 356 g/mol. The van der Waals surface area contributed by atoms with E-state index in [0.717, 1.165) is 46.6 Å². The Morgan fingerprint density at radius 1 is 1.19 bits per heavy atom. The zero-order chi connectivity index (χ0) is 20.0. The molecule has 1 heterocycles. The Kier molecular flexibility index (Phi) is 7.66. The molecule has 0 saturated carbocycles. The molecule has 27 heavy (non-hydrogen) atoms. The number of hydrogen-bond acceptors (Lipinski definition) is 5. The van der Waals surface area contributed by atoms with E-state index in [1.807, 2.05) is 45.0 Å². The average molecular weight is 387 g/mol. The topological polar surface area (TPSA) is 58.1 Å². The van der Waals surface area contributed by atoms with Gasteiger partial charge in [0.15, 0.2) is 5.16 Å². The van der Waals surface area contributed by atoms with Gasteiger partial charge in [-0.3, -0.25) is 4.79 Å². The number of aromatic nitrogens is 2. The second kappa shape index (κ2) is 9.74. The maximum absolute atomic E-state index is 12.2. The zero-order valence-corrected chi connectivity index (χ0v) is 18.0. The first kappa shape index (κ1) is 21.2. The summed E-state index contributed by atoms with van der Waals surface area (Å²) in [6, 6.07) is 7.87. The molecule has 6 heteroatoms. The number of nitrogens with zero attached hydrogens (tertiary/aromatic N) is 3. The number of carbonyl (C=O) groups excluding carboxylic acids is 1. The van der Waals surface area contributed by atoms with E-state index < -0.39 is 0 Å². The highest BCUT2D eigenvalue weighted by molar-refractivity contribution is 7.98. The van der Waals surface area contributed by atoms with Gasteiger partial charge in [0.2, 0.25) is 0 Å². The minimum Gasteiger partial charge on any atom is -0.357 e. The Morgan fingerprint density at radius 3 is 2.52 bits per heavy atom. The molecule has 146 valence electrons. The predicted molar refractivity (Wildman–Crippen MR) is 114 cm³/mol. The molecule has 5 nitrogen and oxygen atoms in total. The number of carbonyl (C=O) groups is 1. The van der Waals surface area contributed by atoms with Crippen molar-refractivity contribution in [1.29, 1.82) is 0 Å². The average Bonchev–Trinajstić information content (AvgIpc) is 2.64. The van der Waals surface area contributed by atoms with Gasteiger partial charge in [-0.1, -0.05) is 23.9 Å². The number of amides is 1. The van der Waals surface area contributed by atoms with Crippen LogP contribution in [0.2, 0.25) is 0 Å². The Morgan fingerprint density at radius 2 is 1.89 bits per heavy atom. The summed E-state index contributed by atoms with van der Waals surface area (Å²) in [4.78, 5) is 23.9. The van der Waals surface area contributed by atoms with Crippen molar-refractivity contribution < 1.29 is 4.79 Å². The molecular formula is C21H30N4OS. The second-order valence-electron chi connectivity index (χ2n) is 6.83. The van der Waals surface area contributed by atoms with Gasteiger partial charge in [-0.2, -0.15) is 0 Å². The normalized spacial score (nSPS) is 10.9. The molecule has 1 N–H and O–H groups in total. The summed E-state index contributed by atoms with van der Waals surface area (Å²) in [5, 5.41) is 3.71. The molecule has 0 unspecified atom stereocenters. The third-order valence-electron chi connectivity index (χ3n) is 4.38. The molecule has 2 aromatic rings. The Balaban J connectivity index is 2.16. The van der Waals surface area contributed by atoms with Gasteiger partial charge >= 0.3 is 0 Å². The van der Waals surface area contributed by atoms with E-state index >= 15 is 0 Å². The van der Waals surface area contributed by atoms with Gasteiger partial charge < -0.3 is 10.2 Å². The fourth-order valence-corrected chi connectivity index (χ4v) is 3.61. The van der Waals surface area contributed by atoms with Crippen LogP contribution < -0.4 is 10.2 Å². The molecule has 0 aliphatic heterocycles. The molecule has 0 spiro atoms. The number of nitrogens with one attached hydrogen (secondary N) is 1. The summed E-state index contributed by atoms with van der Waals surface area (Å²) < 4.78 is 0. The van der Waals surface area contributed by atoms with Crippen molar-refractivity contribution in [1.82, 2.24) is 15.3 Å². The lowest BCUT2D eigenvalue weighted by atomic mass is 10.1. The van der Waals surface area contributed by atoms with Crippen LogP contribution >= 0.6 is 11.8 Å². The van der Waals surface area contributed by atoms with Crippen LogP contribution in [0, 0.1) is 13.8 Å². The molecule has 0 aliphatic rings. The first-order valence-corrected chi connectivity index (χ1v) is 10.5.